The van der Waals surface area contributed by atoms with Gasteiger partial charge in [-0.05, 0) is 0 Å². The molecular formula is C11H13N3O7. The molecule has 114 valence electrons. The van der Waals surface area contributed by atoms with Crippen LogP contribution in [-0.4, -0.2) is 43.2 Å². The summed E-state index contributed by atoms with van der Waals surface area (Å²) >= 11 is 0. The number of carboxylic acids is 2. The van der Waals surface area contributed by atoms with Crippen LogP contribution >= 0.6 is 0 Å². The molecule has 1 atom stereocenters. The summed E-state index contributed by atoms with van der Waals surface area (Å²) in [5, 5.41) is 19.3. The number of aromatic nitrogens is 2. The fourth-order valence-electron chi connectivity index (χ4n) is 1.57. The topological polar surface area (TPSA) is 148 Å². The van der Waals surface area contributed by atoms with Gasteiger partial charge in [0.05, 0.1) is 6.42 Å². The highest BCUT2D eigenvalue weighted by Gasteiger charge is 2.25. The quantitative estimate of drug-likeness (QED) is 0.555. The molecule has 1 amide bonds. The van der Waals surface area contributed by atoms with Crippen molar-refractivity contribution in [2.45, 2.75) is 12.5 Å². The number of nitrogens with zero attached hydrogens (tertiary/aromatic N) is 2. The number of hydrogen-bond acceptors (Lipinski definition) is 5. The molecule has 1 rings (SSSR count). The molecule has 0 aromatic carbocycles. The Morgan fingerprint density at radius 2 is 1.81 bits per heavy atom. The van der Waals surface area contributed by atoms with E-state index in [1.54, 1.807) is 0 Å². The van der Waals surface area contributed by atoms with Crippen LogP contribution in [0, 0.1) is 0 Å². The van der Waals surface area contributed by atoms with Gasteiger partial charge in [-0.2, -0.15) is 0 Å². The Bertz CT molecular complexity index is 716. The number of aliphatic carboxylic acids is 2. The van der Waals surface area contributed by atoms with Crippen LogP contribution in [0.25, 0.3) is 0 Å². The molecule has 0 aliphatic heterocycles. The Kier molecular flexibility index (Phi) is 4.64. The number of carbonyl (C=O) groups excluding carboxylic acids is 1. The van der Waals surface area contributed by atoms with Gasteiger partial charge in [-0.25, -0.2) is 9.59 Å². The van der Waals surface area contributed by atoms with Crippen LogP contribution in [0.4, 0.5) is 0 Å². The van der Waals surface area contributed by atoms with E-state index in [0.29, 0.717) is 4.57 Å². The Labute approximate surface area is 117 Å². The fraction of sp³-hybridized carbons (Fsp3) is 0.364. The van der Waals surface area contributed by atoms with E-state index in [1.165, 1.54) is 7.05 Å². The van der Waals surface area contributed by atoms with Gasteiger partial charge in [-0.15, -0.1) is 0 Å². The summed E-state index contributed by atoms with van der Waals surface area (Å²) in [4.78, 5) is 56.5. The molecule has 0 saturated heterocycles. The number of nitrogens with one attached hydrogen (secondary N) is 1. The van der Waals surface area contributed by atoms with Crippen molar-refractivity contribution in [3.8, 4) is 0 Å². The van der Waals surface area contributed by atoms with Gasteiger partial charge in [0.15, 0.2) is 0 Å². The Morgan fingerprint density at radius 3 is 2.29 bits per heavy atom. The van der Waals surface area contributed by atoms with Crippen LogP contribution in [0.15, 0.2) is 15.8 Å². The van der Waals surface area contributed by atoms with Gasteiger partial charge in [0.25, 0.3) is 11.5 Å². The third-order valence-corrected chi connectivity index (χ3v) is 2.67. The van der Waals surface area contributed by atoms with Crippen LogP contribution in [0.5, 0.6) is 0 Å². The van der Waals surface area contributed by atoms with Crippen molar-refractivity contribution in [2.75, 3.05) is 0 Å². The molecule has 1 aromatic rings. The highest BCUT2D eigenvalue weighted by atomic mass is 16.4. The lowest BCUT2D eigenvalue weighted by Crippen LogP contribution is -2.46. The molecule has 1 unspecified atom stereocenters. The zero-order chi connectivity index (χ0) is 16.3. The molecule has 0 aliphatic rings. The predicted octanol–water partition coefficient (Wildman–Crippen LogP) is -2.26. The summed E-state index contributed by atoms with van der Waals surface area (Å²) in [5.41, 5.74) is -2.02. The van der Waals surface area contributed by atoms with Crippen molar-refractivity contribution in [2.24, 2.45) is 14.1 Å². The van der Waals surface area contributed by atoms with E-state index in [-0.39, 0.29) is 0 Å². The SMILES string of the molecule is Cn1cc(C(=O)NC(CC(=O)O)C(=O)O)c(=O)n(C)c1=O. The Morgan fingerprint density at radius 1 is 1.24 bits per heavy atom. The van der Waals surface area contributed by atoms with E-state index < -0.39 is 47.1 Å². The van der Waals surface area contributed by atoms with Crippen LogP contribution in [0.1, 0.15) is 16.8 Å². The fourth-order valence-corrected chi connectivity index (χ4v) is 1.57. The van der Waals surface area contributed by atoms with Crippen molar-refractivity contribution >= 4 is 17.8 Å². The standard InChI is InChI=1S/C11H13N3O7/c1-13-4-5(9(18)14(2)11(13)21)8(17)12-6(10(19)20)3-7(15)16/h4,6H,3H2,1-2H3,(H,12,17)(H,15,16)(H,19,20). The normalized spacial score (nSPS) is 11.7. The zero-order valence-electron chi connectivity index (χ0n) is 11.2. The molecule has 0 fully saturated rings. The van der Waals surface area contributed by atoms with Gasteiger partial charge >= 0.3 is 17.6 Å². The largest absolute Gasteiger partial charge is 0.481 e. The number of carbonyl (C=O) groups is 3. The Balaban J connectivity index is 3.15. The third kappa shape index (κ3) is 3.55. The minimum Gasteiger partial charge on any atom is -0.481 e. The number of rotatable bonds is 5. The third-order valence-electron chi connectivity index (χ3n) is 2.67. The van der Waals surface area contributed by atoms with Gasteiger partial charge in [0.2, 0.25) is 0 Å². The molecule has 1 heterocycles. The first kappa shape index (κ1) is 16.1. The van der Waals surface area contributed by atoms with Gasteiger partial charge in [0, 0.05) is 20.3 Å². The van der Waals surface area contributed by atoms with Crippen molar-refractivity contribution in [3.05, 3.63) is 32.6 Å². The lowest BCUT2D eigenvalue weighted by Gasteiger charge is -2.13. The summed E-state index contributed by atoms with van der Waals surface area (Å²) in [6.45, 7) is 0. The number of amides is 1. The lowest BCUT2D eigenvalue weighted by atomic mass is 10.2. The maximum Gasteiger partial charge on any atom is 0.330 e. The van der Waals surface area contributed by atoms with E-state index in [2.05, 4.69) is 0 Å². The molecule has 1 aromatic heterocycles. The predicted molar refractivity (Wildman–Crippen MR) is 68.1 cm³/mol. The van der Waals surface area contributed by atoms with Gasteiger partial charge in [0.1, 0.15) is 11.6 Å². The lowest BCUT2D eigenvalue weighted by molar-refractivity contribution is -0.145. The van der Waals surface area contributed by atoms with Crippen molar-refractivity contribution in [3.63, 3.8) is 0 Å². The number of aryl methyl sites for hydroxylation is 1. The highest BCUT2D eigenvalue weighted by molar-refractivity contribution is 5.96. The van der Waals surface area contributed by atoms with E-state index in [4.69, 9.17) is 10.2 Å². The van der Waals surface area contributed by atoms with Crippen LogP contribution in [0.3, 0.4) is 0 Å². The number of carboxylic acid groups (broad SMARTS) is 2. The van der Waals surface area contributed by atoms with E-state index in [9.17, 15) is 24.0 Å². The first-order valence-electron chi connectivity index (χ1n) is 5.67. The van der Waals surface area contributed by atoms with E-state index >= 15 is 0 Å². The molecule has 10 nitrogen and oxygen atoms in total. The summed E-state index contributed by atoms with van der Waals surface area (Å²) < 4.78 is 1.66. The highest BCUT2D eigenvalue weighted by Crippen LogP contribution is 1.96. The summed E-state index contributed by atoms with van der Waals surface area (Å²) in [7, 11) is 2.47. The average Bonchev–Trinajstić information content (AvgIpc) is 2.38. The molecule has 21 heavy (non-hydrogen) atoms. The molecule has 0 spiro atoms. The molecule has 0 bridgehead atoms. The summed E-state index contributed by atoms with van der Waals surface area (Å²) in [6.07, 6.45) is 0.118. The van der Waals surface area contributed by atoms with Gasteiger partial charge < -0.3 is 20.1 Å². The first-order valence-corrected chi connectivity index (χ1v) is 5.67. The molecule has 0 aliphatic carbocycles. The monoisotopic (exact) mass is 299 g/mol. The zero-order valence-corrected chi connectivity index (χ0v) is 11.2. The summed E-state index contributed by atoms with van der Waals surface area (Å²) in [5.74, 6) is -4.04. The van der Waals surface area contributed by atoms with Gasteiger partial charge in [-0.1, -0.05) is 0 Å². The number of hydrogen-bond donors (Lipinski definition) is 3. The van der Waals surface area contributed by atoms with Crippen molar-refractivity contribution in [1.82, 2.24) is 14.5 Å². The van der Waals surface area contributed by atoms with E-state index in [1.807, 2.05) is 5.32 Å². The maximum atomic E-state index is 11.9. The van der Waals surface area contributed by atoms with Crippen molar-refractivity contribution in [1.29, 1.82) is 0 Å². The average molecular weight is 299 g/mol. The first-order chi connectivity index (χ1) is 9.65. The minimum absolute atomic E-state index is 0.462. The molecular weight excluding hydrogens is 286 g/mol. The van der Waals surface area contributed by atoms with Gasteiger partial charge in [-0.3, -0.25) is 19.0 Å². The maximum absolute atomic E-state index is 11.9. The summed E-state index contributed by atoms with van der Waals surface area (Å²) in [6, 6.07) is -1.68. The second kappa shape index (κ2) is 6.03. The molecule has 10 heteroatoms. The molecule has 3 N–H and O–H groups in total. The second-order valence-corrected chi connectivity index (χ2v) is 4.26. The van der Waals surface area contributed by atoms with Crippen molar-refractivity contribution < 1.29 is 24.6 Å². The second-order valence-electron chi connectivity index (χ2n) is 4.26. The van der Waals surface area contributed by atoms with Crippen LogP contribution in [-0.2, 0) is 23.7 Å². The van der Waals surface area contributed by atoms with Crippen LogP contribution < -0.4 is 16.6 Å². The smallest absolute Gasteiger partial charge is 0.330 e. The Hall–Kier alpha value is -2.91. The van der Waals surface area contributed by atoms with E-state index in [0.717, 1.165) is 17.8 Å². The molecule has 0 radical (unpaired) electrons. The minimum atomic E-state index is -1.68. The molecule has 0 saturated carbocycles. The van der Waals surface area contributed by atoms with Crippen LogP contribution in [0.2, 0.25) is 0 Å².